The minimum absolute atomic E-state index is 0. The van der Waals surface area contributed by atoms with Crippen LogP contribution in [0.1, 0.15) is 44.1 Å². The number of hydrogen-bond acceptors (Lipinski definition) is 3. The topological polar surface area (TPSA) is 50.2 Å². The summed E-state index contributed by atoms with van der Waals surface area (Å²) in [5, 5.41) is 7.96. The summed E-state index contributed by atoms with van der Waals surface area (Å²) in [5.41, 5.74) is 3.53. The van der Waals surface area contributed by atoms with Gasteiger partial charge in [-0.25, -0.2) is 0 Å². The molecule has 1 saturated heterocycles. The third-order valence-corrected chi connectivity index (χ3v) is 4.48. The van der Waals surface area contributed by atoms with Crippen molar-refractivity contribution < 1.29 is 4.79 Å². The van der Waals surface area contributed by atoms with Gasteiger partial charge in [-0.05, 0) is 38.7 Å². The Hall–Kier alpha value is -1.07. The Morgan fingerprint density at radius 3 is 2.70 bits per heavy atom. The van der Waals surface area contributed by atoms with Crippen LogP contribution in [-0.4, -0.2) is 46.3 Å². The van der Waals surface area contributed by atoms with Crippen molar-refractivity contribution >= 4 is 18.3 Å². The Labute approximate surface area is 146 Å². The van der Waals surface area contributed by atoms with Crippen molar-refractivity contribution in [2.45, 2.75) is 60.0 Å². The highest BCUT2D eigenvalue weighted by atomic mass is 35.5. The van der Waals surface area contributed by atoms with E-state index in [4.69, 9.17) is 0 Å². The monoisotopic (exact) mass is 342 g/mol. The lowest BCUT2D eigenvalue weighted by molar-refractivity contribution is -0.133. The first-order valence-corrected chi connectivity index (χ1v) is 8.43. The molecule has 5 nitrogen and oxygen atoms in total. The van der Waals surface area contributed by atoms with E-state index in [1.807, 2.05) is 4.90 Å². The summed E-state index contributed by atoms with van der Waals surface area (Å²) in [6, 6.07) is 0.298. The predicted octanol–water partition coefficient (Wildman–Crippen LogP) is 2.33. The number of piperazine rings is 1. The van der Waals surface area contributed by atoms with Crippen LogP contribution < -0.4 is 5.32 Å². The maximum absolute atomic E-state index is 12.5. The number of rotatable bonds is 5. The van der Waals surface area contributed by atoms with Gasteiger partial charge in [-0.3, -0.25) is 9.48 Å². The van der Waals surface area contributed by atoms with Crippen molar-refractivity contribution in [2.24, 2.45) is 5.92 Å². The molecule has 1 fully saturated rings. The van der Waals surface area contributed by atoms with Gasteiger partial charge in [-0.2, -0.15) is 5.10 Å². The number of aromatic nitrogens is 2. The minimum atomic E-state index is 0. The molecule has 132 valence electrons. The molecule has 1 N–H and O–H groups in total. The van der Waals surface area contributed by atoms with Gasteiger partial charge in [-0.15, -0.1) is 12.4 Å². The standard InChI is InChI=1S/C17H30N4O.ClH/c1-12(2)11-21-15(5)16(14(4)19-21)6-7-17(22)20-9-8-18-10-13(20)3;/h12-13,18H,6-11H2,1-5H3;1H/t13-;/m0./s1. The molecule has 0 aromatic carbocycles. The zero-order valence-corrected chi connectivity index (χ0v) is 15.9. The van der Waals surface area contributed by atoms with E-state index in [2.05, 4.69) is 49.7 Å². The molecule has 0 aliphatic carbocycles. The summed E-state index contributed by atoms with van der Waals surface area (Å²) < 4.78 is 2.09. The third-order valence-electron chi connectivity index (χ3n) is 4.48. The van der Waals surface area contributed by atoms with Gasteiger partial charge in [0.05, 0.1) is 5.69 Å². The second kappa shape index (κ2) is 8.69. The minimum Gasteiger partial charge on any atom is -0.337 e. The Balaban J connectivity index is 0.00000264. The van der Waals surface area contributed by atoms with E-state index >= 15 is 0 Å². The van der Waals surface area contributed by atoms with E-state index < -0.39 is 0 Å². The highest BCUT2D eigenvalue weighted by molar-refractivity contribution is 5.85. The lowest BCUT2D eigenvalue weighted by atomic mass is 10.1. The quantitative estimate of drug-likeness (QED) is 0.893. The maximum atomic E-state index is 12.5. The van der Waals surface area contributed by atoms with Crippen molar-refractivity contribution in [3.8, 4) is 0 Å². The van der Waals surface area contributed by atoms with Gasteiger partial charge in [-0.1, -0.05) is 13.8 Å². The molecule has 1 atom stereocenters. The molecule has 2 rings (SSSR count). The largest absolute Gasteiger partial charge is 0.337 e. The highest BCUT2D eigenvalue weighted by Gasteiger charge is 2.23. The van der Waals surface area contributed by atoms with Crippen LogP contribution in [0.2, 0.25) is 0 Å². The van der Waals surface area contributed by atoms with Gasteiger partial charge in [0.2, 0.25) is 5.91 Å². The smallest absolute Gasteiger partial charge is 0.223 e. The van der Waals surface area contributed by atoms with Crippen LogP contribution >= 0.6 is 12.4 Å². The molecule has 1 aliphatic rings. The molecular formula is C17H31ClN4O. The molecule has 1 amide bonds. The molecule has 0 bridgehead atoms. The first-order chi connectivity index (χ1) is 10.4. The molecule has 2 heterocycles. The fourth-order valence-corrected chi connectivity index (χ4v) is 3.21. The molecular weight excluding hydrogens is 312 g/mol. The van der Waals surface area contributed by atoms with Crippen LogP contribution in [0.25, 0.3) is 0 Å². The predicted molar refractivity (Wildman–Crippen MR) is 96.2 cm³/mol. The number of aryl methyl sites for hydroxylation is 1. The lowest BCUT2D eigenvalue weighted by Gasteiger charge is -2.34. The second-order valence-electron chi connectivity index (χ2n) is 6.87. The molecule has 1 aliphatic heterocycles. The Bertz CT molecular complexity index is 527. The lowest BCUT2D eigenvalue weighted by Crippen LogP contribution is -2.52. The number of nitrogens with zero attached hydrogens (tertiary/aromatic N) is 3. The number of carbonyl (C=O) groups excluding carboxylic acids is 1. The normalized spacial score (nSPS) is 18.2. The highest BCUT2D eigenvalue weighted by Crippen LogP contribution is 2.17. The zero-order chi connectivity index (χ0) is 16.3. The fraction of sp³-hybridized carbons (Fsp3) is 0.765. The van der Waals surface area contributed by atoms with Gasteiger partial charge in [0.25, 0.3) is 0 Å². The summed E-state index contributed by atoms with van der Waals surface area (Å²) >= 11 is 0. The fourth-order valence-electron chi connectivity index (χ4n) is 3.21. The van der Waals surface area contributed by atoms with Gasteiger partial charge < -0.3 is 10.2 Å². The second-order valence-corrected chi connectivity index (χ2v) is 6.87. The van der Waals surface area contributed by atoms with Crippen LogP contribution in [0.4, 0.5) is 0 Å². The average Bonchev–Trinajstić information content (AvgIpc) is 2.71. The zero-order valence-electron chi connectivity index (χ0n) is 15.1. The summed E-state index contributed by atoms with van der Waals surface area (Å²) in [6.07, 6.45) is 1.38. The van der Waals surface area contributed by atoms with Crippen LogP contribution in [0, 0.1) is 19.8 Å². The van der Waals surface area contributed by atoms with Crippen molar-refractivity contribution in [3.05, 3.63) is 17.0 Å². The molecule has 0 radical (unpaired) electrons. The van der Waals surface area contributed by atoms with Crippen molar-refractivity contribution in [2.75, 3.05) is 19.6 Å². The summed E-state index contributed by atoms with van der Waals surface area (Å²) in [6.45, 7) is 14.3. The number of carbonyl (C=O) groups is 1. The van der Waals surface area contributed by atoms with Crippen molar-refractivity contribution in [3.63, 3.8) is 0 Å². The van der Waals surface area contributed by atoms with Crippen LogP contribution in [0.15, 0.2) is 0 Å². The van der Waals surface area contributed by atoms with Crippen molar-refractivity contribution in [1.29, 1.82) is 0 Å². The van der Waals surface area contributed by atoms with Crippen LogP contribution in [0.3, 0.4) is 0 Å². The van der Waals surface area contributed by atoms with E-state index in [0.29, 0.717) is 18.4 Å². The van der Waals surface area contributed by atoms with Gasteiger partial charge in [0.15, 0.2) is 0 Å². The van der Waals surface area contributed by atoms with Gasteiger partial charge in [0.1, 0.15) is 0 Å². The van der Waals surface area contributed by atoms with E-state index in [9.17, 15) is 4.79 Å². The van der Waals surface area contributed by atoms with Gasteiger partial charge in [0, 0.05) is 44.3 Å². The molecule has 0 spiro atoms. The Morgan fingerprint density at radius 1 is 1.39 bits per heavy atom. The van der Waals surface area contributed by atoms with E-state index in [0.717, 1.165) is 38.3 Å². The molecule has 6 heteroatoms. The molecule has 0 unspecified atom stereocenters. The number of hydrogen-bond donors (Lipinski definition) is 1. The molecule has 23 heavy (non-hydrogen) atoms. The first kappa shape index (κ1) is 20.0. The van der Waals surface area contributed by atoms with E-state index in [-0.39, 0.29) is 18.3 Å². The SMILES string of the molecule is Cc1nn(CC(C)C)c(C)c1CCC(=O)N1CCNC[C@@H]1C.Cl. The molecule has 1 aromatic rings. The molecule has 1 aromatic heterocycles. The third kappa shape index (κ3) is 4.95. The maximum Gasteiger partial charge on any atom is 0.223 e. The van der Waals surface area contributed by atoms with Crippen LogP contribution in [0.5, 0.6) is 0 Å². The molecule has 0 saturated carbocycles. The average molecular weight is 343 g/mol. The summed E-state index contributed by atoms with van der Waals surface area (Å²) in [5.74, 6) is 0.846. The summed E-state index contributed by atoms with van der Waals surface area (Å²) in [4.78, 5) is 14.5. The summed E-state index contributed by atoms with van der Waals surface area (Å²) in [7, 11) is 0. The number of halogens is 1. The van der Waals surface area contributed by atoms with E-state index in [1.54, 1.807) is 0 Å². The van der Waals surface area contributed by atoms with Crippen molar-refractivity contribution in [1.82, 2.24) is 20.0 Å². The number of amides is 1. The van der Waals surface area contributed by atoms with Crippen LogP contribution in [-0.2, 0) is 17.8 Å². The Kier molecular flexibility index (Phi) is 7.55. The van der Waals surface area contributed by atoms with E-state index in [1.165, 1.54) is 11.3 Å². The Morgan fingerprint density at radius 2 is 2.09 bits per heavy atom. The number of nitrogens with one attached hydrogen (secondary N) is 1. The van der Waals surface area contributed by atoms with Gasteiger partial charge >= 0.3 is 0 Å². The first-order valence-electron chi connectivity index (χ1n) is 8.43.